The van der Waals surface area contributed by atoms with Crippen LogP contribution in [0.25, 0.3) is 0 Å². The van der Waals surface area contributed by atoms with E-state index < -0.39 is 0 Å². The average molecular weight is 411 g/mol. The molecule has 0 unspecified atom stereocenters. The standard InChI is InChI=1S/C25H34N2O3/c1-25(2,22-6-4-3-5-7-22)23-16-20(18-26-8-12-29-13-9-26)24(28)21(17-23)19-27-10-14-30-15-11-27/h3-7,16-17,28H,8-15,18-19H2,1-2H3. The van der Waals surface area contributed by atoms with Gasteiger partial charge < -0.3 is 14.6 Å². The van der Waals surface area contributed by atoms with Crippen LogP contribution in [0.1, 0.15) is 36.1 Å². The van der Waals surface area contributed by atoms with Gasteiger partial charge in [0.1, 0.15) is 5.75 Å². The molecule has 5 heteroatoms. The molecule has 0 amide bonds. The molecule has 2 aromatic rings. The zero-order chi connectivity index (χ0) is 21.0. The first-order valence-corrected chi connectivity index (χ1v) is 11.0. The van der Waals surface area contributed by atoms with E-state index in [2.05, 4.69) is 66.1 Å². The summed E-state index contributed by atoms with van der Waals surface area (Å²) in [5, 5.41) is 11.2. The van der Waals surface area contributed by atoms with Gasteiger partial charge in [-0.2, -0.15) is 0 Å². The Labute approximate surface area is 180 Å². The highest BCUT2D eigenvalue weighted by atomic mass is 16.5. The van der Waals surface area contributed by atoms with E-state index in [9.17, 15) is 5.11 Å². The van der Waals surface area contributed by atoms with E-state index in [1.807, 2.05) is 0 Å². The van der Waals surface area contributed by atoms with Gasteiger partial charge in [-0.05, 0) is 23.3 Å². The van der Waals surface area contributed by atoms with Crippen molar-refractivity contribution in [1.29, 1.82) is 0 Å². The number of hydrogen-bond donors (Lipinski definition) is 1. The number of ether oxygens (including phenoxy) is 2. The smallest absolute Gasteiger partial charge is 0.124 e. The molecule has 2 heterocycles. The summed E-state index contributed by atoms with van der Waals surface area (Å²) in [5.41, 5.74) is 4.42. The van der Waals surface area contributed by atoms with Crippen LogP contribution in [0.3, 0.4) is 0 Å². The summed E-state index contributed by atoms with van der Waals surface area (Å²) in [6.45, 7) is 12.7. The zero-order valence-corrected chi connectivity index (χ0v) is 18.3. The molecule has 0 aromatic heterocycles. The first-order valence-electron chi connectivity index (χ1n) is 11.0. The molecule has 2 fully saturated rings. The third kappa shape index (κ3) is 4.86. The first-order chi connectivity index (χ1) is 14.5. The van der Waals surface area contributed by atoms with Crippen molar-refractivity contribution >= 4 is 0 Å². The van der Waals surface area contributed by atoms with Crippen molar-refractivity contribution in [2.24, 2.45) is 0 Å². The molecule has 2 aliphatic heterocycles. The second-order valence-electron chi connectivity index (χ2n) is 8.91. The van der Waals surface area contributed by atoms with Gasteiger partial charge >= 0.3 is 0 Å². The number of morpholine rings is 2. The van der Waals surface area contributed by atoms with E-state index in [1.165, 1.54) is 11.1 Å². The van der Waals surface area contributed by atoms with Crippen molar-refractivity contribution in [3.05, 3.63) is 64.7 Å². The maximum atomic E-state index is 11.2. The van der Waals surface area contributed by atoms with Crippen molar-refractivity contribution < 1.29 is 14.6 Å². The maximum absolute atomic E-state index is 11.2. The lowest BCUT2D eigenvalue weighted by molar-refractivity contribution is 0.0327. The molecular weight excluding hydrogens is 376 g/mol. The van der Waals surface area contributed by atoms with Crippen LogP contribution in [0, 0.1) is 0 Å². The number of aromatic hydroxyl groups is 1. The minimum Gasteiger partial charge on any atom is -0.507 e. The Balaban J connectivity index is 1.69. The SMILES string of the molecule is CC(C)(c1ccccc1)c1cc(CN2CCOCC2)c(O)c(CN2CCOCC2)c1. The summed E-state index contributed by atoms with van der Waals surface area (Å²) in [4.78, 5) is 4.74. The largest absolute Gasteiger partial charge is 0.507 e. The van der Waals surface area contributed by atoms with E-state index in [0.29, 0.717) is 5.75 Å². The van der Waals surface area contributed by atoms with Crippen LogP contribution in [0.5, 0.6) is 5.75 Å². The molecule has 1 N–H and O–H groups in total. The molecule has 0 spiro atoms. The number of rotatable bonds is 6. The molecule has 5 nitrogen and oxygen atoms in total. The monoisotopic (exact) mass is 410 g/mol. The molecule has 2 saturated heterocycles. The van der Waals surface area contributed by atoms with Gasteiger partial charge in [-0.15, -0.1) is 0 Å². The molecule has 2 aromatic carbocycles. The third-order valence-electron chi connectivity index (χ3n) is 6.48. The summed E-state index contributed by atoms with van der Waals surface area (Å²) >= 11 is 0. The summed E-state index contributed by atoms with van der Waals surface area (Å²) in [6, 6.07) is 15.1. The molecule has 4 rings (SSSR count). The van der Waals surface area contributed by atoms with E-state index in [1.54, 1.807) is 0 Å². The van der Waals surface area contributed by atoms with Crippen LogP contribution in [0.15, 0.2) is 42.5 Å². The minimum absolute atomic E-state index is 0.144. The number of benzene rings is 2. The predicted molar refractivity (Wildman–Crippen MR) is 119 cm³/mol. The molecular formula is C25H34N2O3. The van der Waals surface area contributed by atoms with Gasteiger partial charge in [0, 0.05) is 55.8 Å². The summed E-state index contributed by atoms with van der Waals surface area (Å²) in [6.07, 6.45) is 0. The molecule has 2 aliphatic rings. The Morgan fingerprint density at radius 3 is 1.70 bits per heavy atom. The normalized spacial score (nSPS) is 19.1. The Morgan fingerprint density at radius 2 is 1.23 bits per heavy atom. The summed E-state index contributed by atoms with van der Waals surface area (Å²) < 4.78 is 11.0. The number of phenolic OH excluding ortho intramolecular Hbond substituents is 1. The van der Waals surface area contributed by atoms with Gasteiger partial charge in [0.2, 0.25) is 0 Å². The van der Waals surface area contributed by atoms with Crippen molar-refractivity contribution in [1.82, 2.24) is 9.80 Å². The second-order valence-corrected chi connectivity index (χ2v) is 8.91. The van der Waals surface area contributed by atoms with Gasteiger partial charge in [0.25, 0.3) is 0 Å². The minimum atomic E-state index is -0.144. The van der Waals surface area contributed by atoms with Crippen molar-refractivity contribution in [3.8, 4) is 5.75 Å². The fourth-order valence-corrected chi connectivity index (χ4v) is 4.38. The van der Waals surface area contributed by atoms with E-state index >= 15 is 0 Å². The van der Waals surface area contributed by atoms with Crippen LogP contribution in [0.2, 0.25) is 0 Å². The van der Waals surface area contributed by atoms with Crippen LogP contribution in [0.4, 0.5) is 0 Å². The van der Waals surface area contributed by atoms with Crippen molar-refractivity contribution in [2.75, 3.05) is 52.6 Å². The second kappa shape index (κ2) is 9.48. The molecule has 162 valence electrons. The highest BCUT2D eigenvalue weighted by molar-refractivity contribution is 5.49. The highest BCUT2D eigenvalue weighted by Gasteiger charge is 2.27. The van der Waals surface area contributed by atoms with Gasteiger partial charge in [0.05, 0.1) is 26.4 Å². The summed E-state index contributed by atoms with van der Waals surface area (Å²) in [5.74, 6) is 0.445. The van der Waals surface area contributed by atoms with E-state index in [-0.39, 0.29) is 5.41 Å². The van der Waals surface area contributed by atoms with E-state index in [4.69, 9.17) is 9.47 Å². The fraction of sp³-hybridized carbons (Fsp3) is 0.520. The molecule has 0 saturated carbocycles. The lowest BCUT2D eigenvalue weighted by Crippen LogP contribution is -2.36. The van der Waals surface area contributed by atoms with Crippen LogP contribution < -0.4 is 0 Å². The zero-order valence-electron chi connectivity index (χ0n) is 18.3. The maximum Gasteiger partial charge on any atom is 0.124 e. The number of phenols is 1. The summed E-state index contributed by atoms with van der Waals surface area (Å²) in [7, 11) is 0. The van der Waals surface area contributed by atoms with Crippen LogP contribution in [-0.4, -0.2) is 67.5 Å². The lowest BCUT2D eigenvalue weighted by Gasteiger charge is -2.32. The topological polar surface area (TPSA) is 45.2 Å². The number of hydrogen-bond acceptors (Lipinski definition) is 5. The van der Waals surface area contributed by atoms with Gasteiger partial charge in [-0.3, -0.25) is 9.80 Å². The molecule has 0 aliphatic carbocycles. The highest BCUT2D eigenvalue weighted by Crippen LogP contribution is 2.37. The van der Waals surface area contributed by atoms with Crippen LogP contribution in [-0.2, 0) is 28.0 Å². The Kier molecular flexibility index (Phi) is 6.74. The average Bonchev–Trinajstić information content (AvgIpc) is 2.78. The Morgan fingerprint density at radius 1 is 0.767 bits per heavy atom. The Bertz CT molecular complexity index is 785. The fourth-order valence-electron chi connectivity index (χ4n) is 4.38. The van der Waals surface area contributed by atoms with Gasteiger partial charge in [0.15, 0.2) is 0 Å². The lowest BCUT2D eigenvalue weighted by atomic mass is 9.77. The van der Waals surface area contributed by atoms with E-state index in [0.717, 1.165) is 76.8 Å². The molecule has 30 heavy (non-hydrogen) atoms. The van der Waals surface area contributed by atoms with Gasteiger partial charge in [-0.25, -0.2) is 0 Å². The Hall–Kier alpha value is -1.92. The van der Waals surface area contributed by atoms with Crippen LogP contribution >= 0.6 is 0 Å². The van der Waals surface area contributed by atoms with Crippen molar-refractivity contribution in [2.45, 2.75) is 32.4 Å². The number of nitrogens with zero attached hydrogens (tertiary/aromatic N) is 2. The van der Waals surface area contributed by atoms with Gasteiger partial charge in [-0.1, -0.05) is 44.2 Å². The molecule has 0 atom stereocenters. The third-order valence-corrected chi connectivity index (χ3v) is 6.48. The van der Waals surface area contributed by atoms with Crippen molar-refractivity contribution in [3.63, 3.8) is 0 Å². The molecule has 0 radical (unpaired) electrons. The molecule has 0 bridgehead atoms. The first kappa shape index (κ1) is 21.3. The quantitative estimate of drug-likeness (QED) is 0.791. The predicted octanol–water partition coefficient (Wildman–Crippen LogP) is 3.38.